The molecule has 0 bridgehead atoms. The van der Waals surface area contributed by atoms with Gasteiger partial charge in [-0.05, 0) is 11.4 Å². The second-order valence-corrected chi connectivity index (χ2v) is 4.40. The summed E-state index contributed by atoms with van der Waals surface area (Å²) in [7, 11) is 0. The molecule has 0 fully saturated rings. The van der Waals surface area contributed by atoms with E-state index in [2.05, 4.69) is 27.7 Å². The second kappa shape index (κ2) is 2.24. The summed E-state index contributed by atoms with van der Waals surface area (Å²) in [4.78, 5) is 7.99. The maximum absolute atomic E-state index is 4.13. The van der Waals surface area contributed by atoms with Crippen molar-refractivity contribution in [2.24, 2.45) is 0 Å². The van der Waals surface area contributed by atoms with Crippen molar-refractivity contribution in [2.45, 2.75) is 0 Å². The fourth-order valence-corrected chi connectivity index (χ4v) is 3.31. The van der Waals surface area contributed by atoms with Crippen LogP contribution in [0.3, 0.4) is 0 Å². The van der Waals surface area contributed by atoms with E-state index in [1.807, 2.05) is 6.20 Å². The van der Waals surface area contributed by atoms with Crippen molar-refractivity contribution in [3.63, 3.8) is 0 Å². The lowest BCUT2D eigenvalue weighted by molar-refractivity contribution is 1.21. The fourth-order valence-electron chi connectivity index (χ4n) is 1.19. The van der Waals surface area contributed by atoms with Crippen LogP contribution in [0, 0.1) is 6.33 Å². The molecule has 0 saturated heterocycles. The van der Waals surface area contributed by atoms with Crippen molar-refractivity contribution < 1.29 is 0 Å². The molecular weight excluding hydrogens is 188 g/mol. The smallest absolute Gasteiger partial charge is 0.198 e. The molecule has 0 amide bonds. The molecule has 3 aromatic rings. The van der Waals surface area contributed by atoms with Gasteiger partial charge in [0.1, 0.15) is 5.52 Å². The zero-order valence-electron chi connectivity index (χ0n) is 5.94. The molecule has 0 N–H and O–H groups in total. The van der Waals surface area contributed by atoms with Gasteiger partial charge in [0.2, 0.25) is 0 Å². The lowest BCUT2D eigenvalue weighted by Crippen LogP contribution is -1.74. The Labute approximate surface area is 76.5 Å². The van der Waals surface area contributed by atoms with E-state index < -0.39 is 0 Å². The molecule has 12 heavy (non-hydrogen) atoms. The molecule has 0 atom stereocenters. The van der Waals surface area contributed by atoms with Gasteiger partial charge >= 0.3 is 0 Å². The van der Waals surface area contributed by atoms with Crippen LogP contribution < -0.4 is 0 Å². The van der Waals surface area contributed by atoms with Gasteiger partial charge in [0.05, 0.1) is 9.40 Å². The molecule has 0 spiro atoms. The van der Waals surface area contributed by atoms with Gasteiger partial charge in [0.15, 0.2) is 6.33 Å². The third-order valence-corrected chi connectivity index (χ3v) is 3.83. The summed E-state index contributed by atoms with van der Waals surface area (Å²) in [5.74, 6) is 0. The van der Waals surface area contributed by atoms with Gasteiger partial charge in [-0.25, -0.2) is 9.97 Å². The largest absolute Gasteiger partial charge is 0.232 e. The number of hydrogen-bond donors (Lipinski definition) is 0. The highest BCUT2D eigenvalue weighted by Gasteiger charge is 2.05. The van der Waals surface area contributed by atoms with E-state index in [0.29, 0.717) is 0 Å². The van der Waals surface area contributed by atoms with Crippen LogP contribution in [0.2, 0.25) is 0 Å². The van der Waals surface area contributed by atoms with Gasteiger partial charge in [-0.3, -0.25) is 0 Å². The van der Waals surface area contributed by atoms with Crippen molar-refractivity contribution in [1.29, 1.82) is 0 Å². The number of rotatable bonds is 0. The summed E-state index contributed by atoms with van der Waals surface area (Å²) in [6.07, 6.45) is 4.44. The molecule has 3 aromatic heterocycles. The monoisotopic (exact) mass is 191 g/mol. The summed E-state index contributed by atoms with van der Waals surface area (Å²) < 4.78 is 3.70. The van der Waals surface area contributed by atoms with E-state index in [9.17, 15) is 0 Å². The van der Waals surface area contributed by atoms with Crippen molar-refractivity contribution >= 4 is 42.3 Å². The molecule has 0 aromatic carbocycles. The zero-order valence-corrected chi connectivity index (χ0v) is 7.58. The standard InChI is InChI=1S/C8H3N2S2/c1-2-11-8-5(1)12-6-3-9-4-10-7(6)8/h1-3H. The molecule has 0 saturated carbocycles. The van der Waals surface area contributed by atoms with Crippen LogP contribution in [-0.2, 0) is 0 Å². The predicted molar refractivity (Wildman–Crippen MR) is 51.6 cm³/mol. The van der Waals surface area contributed by atoms with Crippen LogP contribution in [0.25, 0.3) is 19.6 Å². The Bertz CT molecular complexity index is 537. The highest BCUT2D eigenvalue weighted by atomic mass is 32.1. The first-order valence-corrected chi connectivity index (χ1v) is 5.13. The van der Waals surface area contributed by atoms with Crippen LogP contribution in [0.1, 0.15) is 0 Å². The Morgan fingerprint density at radius 1 is 1.33 bits per heavy atom. The van der Waals surface area contributed by atoms with Gasteiger partial charge in [0, 0.05) is 10.9 Å². The first-order valence-electron chi connectivity index (χ1n) is 3.44. The van der Waals surface area contributed by atoms with Gasteiger partial charge in [-0.2, -0.15) is 0 Å². The highest BCUT2D eigenvalue weighted by Crippen LogP contribution is 2.34. The Morgan fingerprint density at radius 2 is 2.33 bits per heavy atom. The number of hydrogen-bond acceptors (Lipinski definition) is 4. The van der Waals surface area contributed by atoms with Gasteiger partial charge < -0.3 is 0 Å². The lowest BCUT2D eigenvalue weighted by Gasteiger charge is -1.82. The van der Waals surface area contributed by atoms with E-state index in [1.54, 1.807) is 22.7 Å². The van der Waals surface area contributed by atoms with Crippen molar-refractivity contribution in [2.75, 3.05) is 0 Å². The Hall–Kier alpha value is -1.00. The van der Waals surface area contributed by atoms with Gasteiger partial charge in [0.25, 0.3) is 0 Å². The van der Waals surface area contributed by atoms with E-state index >= 15 is 0 Å². The molecule has 3 heterocycles. The predicted octanol–water partition coefficient (Wildman–Crippen LogP) is 2.71. The number of fused-ring (bicyclic) bond motifs is 3. The molecule has 3 rings (SSSR count). The molecule has 0 aliphatic rings. The number of thiophene rings is 2. The Kier molecular flexibility index (Phi) is 1.22. The summed E-state index contributed by atoms with van der Waals surface area (Å²) in [6.45, 7) is 0. The summed E-state index contributed by atoms with van der Waals surface area (Å²) in [5, 5.41) is 2.09. The maximum atomic E-state index is 4.13. The SMILES string of the molecule is [c]1ncc2sc3ccsc3c2n1. The van der Waals surface area contributed by atoms with Crippen molar-refractivity contribution in [1.82, 2.24) is 9.97 Å². The van der Waals surface area contributed by atoms with Crippen LogP contribution in [0.4, 0.5) is 0 Å². The van der Waals surface area contributed by atoms with Gasteiger partial charge in [-0.1, -0.05) is 0 Å². The van der Waals surface area contributed by atoms with Gasteiger partial charge in [-0.15, -0.1) is 22.7 Å². The highest BCUT2D eigenvalue weighted by molar-refractivity contribution is 7.31. The summed E-state index contributed by atoms with van der Waals surface area (Å²) in [6, 6.07) is 2.12. The lowest BCUT2D eigenvalue weighted by atomic mass is 10.4. The number of aromatic nitrogens is 2. The fraction of sp³-hybridized carbons (Fsp3) is 0. The molecule has 0 aliphatic heterocycles. The topological polar surface area (TPSA) is 25.8 Å². The van der Waals surface area contributed by atoms with Crippen LogP contribution in [-0.4, -0.2) is 9.97 Å². The van der Waals surface area contributed by atoms with Crippen LogP contribution >= 0.6 is 22.7 Å². The van der Waals surface area contributed by atoms with E-state index in [-0.39, 0.29) is 0 Å². The minimum absolute atomic E-state index is 1.04. The van der Waals surface area contributed by atoms with E-state index in [1.165, 1.54) is 9.40 Å². The molecule has 57 valence electrons. The van der Waals surface area contributed by atoms with Crippen molar-refractivity contribution in [3.05, 3.63) is 24.0 Å². The summed E-state index contributed by atoms with van der Waals surface area (Å²) in [5.41, 5.74) is 1.04. The number of nitrogens with zero attached hydrogens (tertiary/aromatic N) is 2. The normalized spacial score (nSPS) is 11.3. The molecule has 4 heteroatoms. The quantitative estimate of drug-likeness (QED) is 0.546. The van der Waals surface area contributed by atoms with E-state index in [0.717, 1.165) is 10.2 Å². The Balaban J connectivity index is 2.68. The maximum Gasteiger partial charge on any atom is 0.198 e. The molecule has 0 aliphatic carbocycles. The minimum atomic E-state index is 1.04. The van der Waals surface area contributed by atoms with E-state index in [4.69, 9.17) is 0 Å². The average Bonchev–Trinajstić information content (AvgIpc) is 2.62. The Morgan fingerprint density at radius 3 is 3.33 bits per heavy atom. The first kappa shape index (κ1) is 6.51. The average molecular weight is 191 g/mol. The molecular formula is C8H3N2S2. The first-order chi connectivity index (χ1) is 5.95. The third-order valence-electron chi connectivity index (χ3n) is 1.70. The van der Waals surface area contributed by atoms with Crippen LogP contribution in [0.5, 0.6) is 0 Å². The van der Waals surface area contributed by atoms with Crippen LogP contribution in [0.15, 0.2) is 17.6 Å². The second-order valence-electron chi connectivity index (χ2n) is 2.40. The summed E-state index contributed by atoms with van der Waals surface area (Å²) >= 11 is 3.46. The third kappa shape index (κ3) is 0.735. The molecule has 0 unspecified atom stereocenters. The minimum Gasteiger partial charge on any atom is -0.232 e. The molecule has 2 nitrogen and oxygen atoms in total. The molecule has 1 radical (unpaired) electrons. The zero-order chi connectivity index (χ0) is 7.97. The van der Waals surface area contributed by atoms with Crippen molar-refractivity contribution in [3.8, 4) is 0 Å².